The van der Waals surface area contributed by atoms with Crippen LogP contribution in [0.25, 0.3) is 116 Å². The van der Waals surface area contributed by atoms with E-state index in [1.807, 2.05) is 12.3 Å². The van der Waals surface area contributed by atoms with Crippen LogP contribution in [0.5, 0.6) is 0 Å². The van der Waals surface area contributed by atoms with E-state index in [1.54, 1.807) is 0 Å². The summed E-state index contributed by atoms with van der Waals surface area (Å²) in [5.41, 5.74) is 14.6. The van der Waals surface area contributed by atoms with Crippen molar-refractivity contribution in [3.05, 3.63) is 231 Å². The molecule has 4 heterocycles. The minimum atomic E-state index is 0.978. The van der Waals surface area contributed by atoms with Crippen LogP contribution in [0.4, 0.5) is 0 Å². The second-order valence-electron chi connectivity index (χ2n) is 16.4. The maximum absolute atomic E-state index is 4.69. The van der Waals surface area contributed by atoms with Gasteiger partial charge in [0.1, 0.15) is 0 Å². The molecule has 0 saturated carbocycles. The Morgan fingerprint density at radius 1 is 0.270 bits per heavy atom. The quantitative estimate of drug-likeness (QED) is 0.165. The van der Waals surface area contributed by atoms with Gasteiger partial charge in [0.05, 0.1) is 39.1 Å². The summed E-state index contributed by atoms with van der Waals surface area (Å²) in [6.45, 7) is 0. The third-order valence-corrected chi connectivity index (χ3v) is 12.8. The molecule has 0 aliphatic rings. The highest BCUT2D eigenvalue weighted by Crippen LogP contribution is 2.48. The molecular formula is C59H38N4. The monoisotopic (exact) mass is 802 g/mol. The molecule has 13 aromatic rings. The van der Waals surface area contributed by atoms with Gasteiger partial charge in [0.25, 0.3) is 0 Å². The zero-order chi connectivity index (χ0) is 41.4. The molecule has 0 atom stereocenters. The molecular weight excluding hydrogens is 765 g/mol. The first-order valence-electron chi connectivity index (χ1n) is 21.5. The molecule has 0 N–H and O–H groups in total. The van der Waals surface area contributed by atoms with Crippen LogP contribution >= 0.6 is 0 Å². The number of nitrogens with zero attached hydrogens (tertiary/aromatic N) is 4. The van der Waals surface area contributed by atoms with Crippen molar-refractivity contribution in [1.29, 1.82) is 0 Å². The molecule has 0 aliphatic heterocycles. The standard InChI is InChI=1S/C59H38N4/c1-4-20-47(21-5-1)61-55(45-29-27-40-16-11-13-18-42(40)34-45)37-51-57(61)50-36-54(44-28-26-39-15-10-12-17-41(39)33-44)62(48-22-6-2-7-23-48)58(50)52-38-56(63(59(51)52)49-24-8-3-9-25-49)46-30-31-53-43(35-46)19-14-32-60-53/h1-38H. The van der Waals surface area contributed by atoms with Crippen LogP contribution in [-0.4, -0.2) is 18.7 Å². The molecule has 4 heteroatoms. The average Bonchev–Trinajstić information content (AvgIpc) is 4.07. The summed E-state index contributed by atoms with van der Waals surface area (Å²) in [6, 6.07) is 81.8. The van der Waals surface area contributed by atoms with Gasteiger partial charge in [-0.3, -0.25) is 4.98 Å². The highest BCUT2D eigenvalue weighted by molar-refractivity contribution is 6.27. The van der Waals surface area contributed by atoms with Crippen molar-refractivity contribution in [3.63, 3.8) is 0 Å². The zero-order valence-electron chi connectivity index (χ0n) is 34.2. The van der Waals surface area contributed by atoms with Crippen molar-refractivity contribution in [3.8, 4) is 50.8 Å². The second kappa shape index (κ2) is 14.1. The second-order valence-corrected chi connectivity index (χ2v) is 16.4. The number of hydrogen-bond donors (Lipinski definition) is 0. The summed E-state index contributed by atoms with van der Waals surface area (Å²) >= 11 is 0. The van der Waals surface area contributed by atoms with Gasteiger partial charge in [0.2, 0.25) is 0 Å². The minimum Gasteiger partial charge on any atom is -0.309 e. The summed E-state index contributed by atoms with van der Waals surface area (Å²) in [7, 11) is 0. The van der Waals surface area contributed by atoms with Crippen LogP contribution < -0.4 is 0 Å². The fourth-order valence-corrected chi connectivity index (χ4v) is 9.98. The summed E-state index contributed by atoms with van der Waals surface area (Å²) in [5, 5.41) is 9.51. The van der Waals surface area contributed by atoms with Crippen molar-refractivity contribution >= 4 is 65.2 Å². The third-order valence-electron chi connectivity index (χ3n) is 12.8. The molecule has 63 heavy (non-hydrogen) atoms. The molecule has 0 radical (unpaired) electrons. The van der Waals surface area contributed by atoms with Gasteiger partial charge in [0, 0.05) is 44.8 Å². The number of fused-ring (bicyclic) bond motifs is 9. The summed E-state index contributed by atoms with van der Waals surface area (Å²) in [4.78, 5) is 4.69. The van der Waals surface area contributed by atoms with Gasteiger partial charge in [-0.25, -0.2) is 0 Å². The lowest BCUT2D eigenvalue weighted by molar-refractivity contribution is 1.13. The molecule has 0 aliphatic carbocycles. The lowest BCUT2D eigenvalue weighted by atomic mass is 10.0. The van der Waals surface area contributed by atoms with Crippen molar-refractivity contribution in [2.24, 2.45) is 0 Å². The van der Waals surface area contributed by atoms with E-state index in [0.717, 1.165) is 78.3 Å². The first kappa shape index (κ1) is 35.3. The van der Waals surface area contributed by atoms with Gasteiger partial charge in [-0.2, -0.15) is 0 Å². The molecule has 0 amide bonds. The van der Waals surface area contributed by atoms with E-state index in [9.17, 15) is 0 Å². The Morgan fingerprint density at radius 3 is 1.05 bits per heavy atom. The first-order valence-corrected chi connectivity index (χ1v) is 21.5. The lowest BCUT2D eigenvalue weighted by Gasteiger charge is -2.16. The van der Waals surface area contributed by atoms with Crippen LogP contribution in [0.1, 0.15) is 0 Å². The maximum atomic E-state index is 4.69. The number of hydrogen-bond acceptors (Lipinski definition) is 1. The summed E-state index contributed by atoms with van der Waals surface area (Å²) in [6.07, 6.45) is 1.87. The molecule has 0 saturated heterocycles. The zero-order valence-corrected chi connectivity index (χ0v) is 34.2. The number of pyridine rings is 1. The van der Waals surface area contributed by atoms with Crippen molar-refractivity contribution in [2.45, 2.75) is 0 Å². The van der Waals surface area contributed by atoms with Crippen LogP contribution in [0.2, 0.25) is 0 Å². The molecule has 294 valence electrons. The van der Waals surface area contributed by atoms with E-state index < -0.39 is 0 Å². The minimum absolute atomic E-state index is 0.978. The number of aromatic nitrogens is 4. The lowest BCUT2D eigenvalue weighted by Crippen LogP contribution is -2.00. The van der Waals surface area contributed by atoms with E-state index >= 15 is 0 Å². The fraction of sp³-hybridized carbons (Fsp3) is 0. The average molecular weight is 803 g/mol. The number of para-hydroxylation sites is 3. The van der Waals surface area contributed by atoms with E-state index in [4.69, 9.17) is 4.98 Å². The van der Waals surface area contributed by atoms with E-state index in [2.05, 4.69) is 232 Å². The van der Waals surface area contributed by atoms with Crippen molar-refractivity contribution in [2.75, 3.05) is 0 Å². The Kier molecular flexibility index (Phi) is 7.87. The smallest absolute Gasteiger partial charge is 0.0702 e. The molecule has 0 unspecified atom stereocenters. The molecule has 0 fully saturated rings. The number of rotatable bonds is 6. The highest BCUT2D eigenvalue weighted by atomic mass is 15.1. The van der Waals surface area contributed by atoms with Gasteiger partial charge < -0.3 is 13.7 Å². The predicted octanol–water partition coefficient (Wildman–Crippen LogP) is 15.4. The van der Waals surface area contributed by atoms with Crippen molar-refractivity contribution < 1.29 is 0 Å². The third kappa shape index (κ3) is 5.59. The van der Waals surface area contributed by atoms with Gasteiger partial charge >= 0.3 is 0 Å². The molecule has 0 bridgehead atoms. The Labute approximate surface area is 363 Å². The molecule has 9 aromatic carbocycles. The Morgan fingerprint density at radius 2 is 0.619 bits per heavy atom. The van der Waals surface area contributed by atoms with Gasteiger partial charge in [-0.1, -0.05) is 140 Å². The van der Waals surface area contributed by atoms with Crippen LogP contribution in [0.3, 0.4) is 0 Å². The Bertz CT molecular complexity index is 3450. The predicted molar refractivity (Wildman–Crippen MR) is 264 cm³/mol. The Hall–Kier alpha value is -8.47. The SMILES string of the molecule is c1ccc(-n2c(-c3ccc4ccccc4c3)cc3c2c2cc(-c4ccc5ccccc5c4)n(-c4ccccc4)c2c2cc(-c4ccc5ncccc5c4)n(-c4ccccc4)c32)cc1. The topological polar surface area (TPSA) is 27.7 Å². The van der Waals surface area contributed by atoms with Gasteiger partial charge in [-0.15, -0.1) is 0 Å². The molecule has 13 rings (SSSR count). The first-order chi connectivity index (χ1) is 31.2. The van der Waals surface area contributed by atoms with Crippen molar-refractivity contribution in [1.82, 2.24) is 18.7 Å². The Balaban J connectivity index is 1.27. The summed E-state index contributed by atoms with van der Waals surface area (Å²) in [5.74, 6) is 0. The van der Waals surface area contributed by atoms with E-state index in [-0.39, 0.29) is 0 Å². The largest absolute Gasteiger partial charge is 0.309 e. The fourth-order valence-electron chi connectivity index (χ4n) is 9.98. The molecule has 4 aromatic heterocycles. The van der Waals surface area contributed by atoms with E-state index in [0.29, 0.717) is 0 Å². The highest BCUT2D eigenvalue weighted by Gasteiger charge is 2.27. The number of benzene rings is 9. The normalized spacial score (nSPS) is 11.8. The van der Waals surface area contributed by atoms with Gasteiger partial charge in [-0.05, 0) is 123 Å². The van der Waals surface area contributed by atoms with Crippen LogP contribution in [-0.2, 0) is 0 Å². The van der Waals surface area contributed by atoms with Crippen LogP contribution in [0, 0.1) is 0 Å². The molecule has 4 nitrogen and oxygen atoms in total. The van der Waals surface area contributed by atoms with Crippen LogP contribution in [0.15, 0.2) is 231 Å². The summed E-state index contributed by atoms with van der Waals surface area (Å²) < 4.78 is 7.50. The maximum Gasteiger partial charge on any atom is 0.0702 e. The van der Waals surface area contributed by atoms with Gasteiger partial charge in [0.15, 0.2) is 0 Å². The van der Waals surface area contributed by atoms with E-state index in [1.165, 1.54) is 37.7 Å². The molecule has 0 spiro atoms.